The molecule has 0 unspecified atom stereocenters. The zero-order valence-corrected chi connectivity index (χ0v) is 13.4. The molecule has 0 atom stereocenters. The van der Waals surface area contributed by atoms with Crippen LogP contribution in [0, 0.1) is 12.8 Å². The lowest BCUT2D eigenvalue weighted by Gasteiger charge is -2.15. The Morgan fingerprint density at radius 1 is 1.33 bits per heavy atom. The second kappa shape index (κ2) is 6.95. The molecule has 0 spiro atoms. The summed E-state index contributed by atoms with van der Waals surface area (Å²) in [7, 11) is 2.13. The monoisotopic (exact) mass is 292 g/mol. The molecule has 0 amide bonds. The summed E-state index contributed by atoms with van der Waals surface area (Å²) < 4.78 is 11.7. The third kappa shape index (κ3) is 5.13. The second-order valence-corrected chi connectivity index (χ2v) is 6.73. The van der Waals surface area contributed by atoms with Gasteiger partial charge in [-0.25, -0.2) is 0 Å². The molecular formula is C17H28N2O2. The number of likely N-dealkylation sites (N-methyl/N-ethyl adjacent to an activating group) is 1. The Balaban J connectivity index is 1.37. The number of hydrogen-bond acceptors (Lipinski definition) is 4. The van der Waals surface area contributed by atoms with Crippen molar-refractivity contribution in [3.63, 3.8) is 0 Å². The van der Waals surface area contributed by atoms with Gasteiger partial charge in [-0.2, -0.15) is 0 Å². The van der Waals surface area contributed by atoms with Crippen molar-refractivity contribution in [1.82, 2.24) is 10.2 Å². The molecule has 4 nitrogen and oxygen atoms in total. The summed E-state index contributed by atoms with van der Waals surface area (Å²) in [5.41, 5.74) is 1.26. The SMILES string of the molecule is Cc1cc(CN(C)CCOCC2CC2)oc1CNC1CC1. The highest BCUT2D eigenvalue weighted by atomic mass is 16.5. The van der Waals surface area contributed by atoms with Crippen molar-refractivity contribution in [2.75, 3.05) is 26.8 Å². The molecule has 2 saturated carbocycles. The molecule has 0 aliphatic heterocycles. The van der Waals surface area contributed by atoms with Crippen molar-refractivity contribution < 1.29 is 9.15 Å². The van der Waals surface area contributed by atoms with E-state index in [0.29, 0.717) is 0 Å². The Bertz CT molecular complexity index is 450. The Labute approximate surface area is 127 Å². The van der Waals surface area contributed by atoms with Crippen LogP contribution in [0.25, 0.3) is 0 Å². The van der Waals surface area contributed by atoms with Gasteiger partial charge in [0.1, 0.15) is 11.5 Å². The topological polar surface area (TPSA) is 37.6 Å². The van der Waals surface area contributed by atoms with Crippen molar-refractivity contribution >= 4 is 0 Å². The number of aryl methyl sites for hydroxylation is 1. The quantitative estimate of drug-likeness (QED) is 0.673. The first-order valence-electron chi connectivity index (χ1n) is 8.28. The van der Waals surface area contributed by atoms with Crippen LogP contribution in [0.1, 0.15) is 42.8 Å². The predicted molar refractivity (Wildman–Crippen MR) is 83.2 cm³/mol. The van der Waals surface area contributed by atoms with Gasteiger partial charge in [-0.05, 0) is 57.2 Å². The van der Waals surface area contributed by atoms with Crippen molar-refractivity contribution in [1.29, 1.82) is 0 Å². The highest BCUT2D eigenvalue weighted by molar-refractivity contribution is 5.20. The van der Waals surface area contributed by atoms with Crippen molar-refractivity contribution in [2.45, 2.75) is 51.7 Å². The number of ether oxygens (including phenoxy) is 1. The summed E-state index contributed by atoms with van der Waals surface area (Å²) in [5, 5.41) is 3.51. The minimum absolute atomic E-state index is 0.726. The van der Waals surface area contributed by atoms with Gasteiger partial charge in [0.15, 0.2) is 0 Å². The summed E-state index contributed by atoms with van der Waals surface area (Å²) in [6.45, 7) is 6.59. The molecule has 1 aromatic rings. The maximum Gasteiger partial charge on any atom is 0.120 e. The van der Waals surface area contributed by atoms with E-state index < -0.39 is 0 Å². The Morgan fingerprint density at radius 3 is 2.86 bits per heavy atom. The van der Waals surface area contributed by atoms with Crippen LogP contribution in [0.5, 0.6) is 0 Å². The van der Waals surface area contributed by atoms with Crippen LogP contribution >= 0.6 is 0 Å². The van der Waals surface area contributed by atoms with Crippen LogP contribution in [0.4, 0.5) is 0 Å². The number of nitrogens with zero attached hydrogens (tertiary/aromatic N) is 1. The number of hydrogen-bond donors (Lipinski definition) is 1. The van der Waals surface area contributed by atoms with Gasteiger partial charge < -0.3 is 14.5 Å². The Hall–Kier alpha value is -0.840. The fraction of sp³-hybridized carbons (Fsp3) is 0.765. The number of nitrogens with one attached hydrogen (secondary N) is 1. The van der Waals surface area contributed by atoms with Crippen LogP contribution in [-0.4, -0.2) is 37.7 Å². The van der Waals surface area contributed by atoms with Crippen LogP contribution in [0.15, 0.2) is 10.5 Å². The molecule has 2 fully saturated rings. The zero-order valence-electron chi connectivity index (χ0n) is 13.4. The van der Waals surface area contributed by atoms with E-state index >= 15 is 0 Å². The largest absolute Gasteiger partial charge is 0.463 e. The third-order valence-corrected chi connectivity index (χ3v) is 4.29. The van der Waals surface area contributed by atoms with E-state index in [0.717, 1.165) is 56.3 Å². The van der Waals surface area contributed by atoms with Gasteiger partial charge in [0, 0.05) is 19.2 Å². The average Bonchev–Trinajstić information content (AvgIpc) is 3.34. The number of rotatable bonds is 10. The Kier molecular flexibility index (Phi) is 4.99. The molecule has 2 aliphatic carbocycles. The molecule has 118 valence electrons. The molecule has 0 bridgehead atoms. The van der Waals surface area contributed by atoms with Gasteiger partial charge in [-0.3, -0.25) is 4.90 Å². The van der Waals surface area contributed by atoms with Gasteiger partial charge in [0.2, 0.25) is 0 Å². The van der Waals surface area contributed by atoms with Crippen LogP contribution in [0.2, 0.25) is 0 Å². The van der Waals surface area contributed by atoms with E-state index in [-0.39, 0.29) is 0 Å². The molecule has 0 saturated heterocycles. The molecule has 0 aromatic carbocycles. The van der Waals surface area contributed by atoms with Gasteiger partial charge >= 0.3 is 0 Å². The molecule has 4 heteroatoms. The van der Waals surface area contributed by atoms with Gasteiger partial charge in [0.05, 0.1) is 19.7 Å². The molecule has 21 heavy (non-hydrogen) atoms. The van der Waals surface area contributed by atoms with Crippen LogP contribution in [-0.2, 0) is 17.8 Å². The first kappa shape index (κ1) is 15.1. The molecule has 3 rings (SSSR count). The van der Waals surface area contributed by atoms with E-state index in [2.05, 4.69) is 30.3 Å². The Morgan fingerprint density at radius 2 is 2.14 bits per heavy atom. The highest BCUT2D eigenvalue weighted by Gasteiger charge is 2.22. The fourth-order valence-electron chi connectivity index (χ4n) is 2.47. The minimum atomic E-state index is 0.726. The van der Waals surface area contributed by atoms with E-state index in [1.807, 2.05) is 0 Å². The summed E-state index contributed by atoms with van der Waals surface area (Å²) in [6.07, 6.45) is 5.35. The summed E-state index contributed by atoms with van der Waals surface area (Å²) in [5.74, 6) is 3.00. The predicted octanol–water partition coefficient (Wildman–Crippen LogP) is 2.70. The van der Waals surface area contributed by atoms with Gasteiger partial charge in [0.25, 0.3) is 0 Å². The highest BCUT2D eigenvalue weighted by Crippen LogP contribution is 2.28. The lowest BCUT2D eigenvalue weighted by atomic mass is 10.2. The molecule has 1 aromatic heterocycles. The third-order valence-electron chi connectivity index (χ3n) is 4.29. The minimum Gasteiger partial charge on any atom is -0.463 e. The number of furan rings is 1. The van der Waals surface area contributed by atoms with Crippen LogP contribution in [0.3, 0.4) is 0 Å². The second-order valence-electron chi connectivity index (χ2n) is 6.73. The maximum atomic E-state index is 5.97. The fourth-order valence-corrected chi connectivity index (χ4v) is 2.47. The lowest BCUT2D eigenvalue weighted by Crippen LogP contribution is -2.23. The van der Waals surface area contributed by atoms with Gasteiger partial charge in [-0.1, -0.05) is 0 Å². The molecule has 1 heterocycles. The molecular weight excluding hydrogens is 264 g/mol. The first-order chi connectivity index (χ1) is 10.2. The normalized spacial score (nSPS) is 18.6. The molecule has 1 N–H and O–H groups in total. The van der Waals surface area contributed by atoms with E-state index in [1.54, 1.807) is 0 Å². The molecule has 0 radical (unpaired) electrons. The van der Waals surface area contributed by atoms with Crippen molar-refractivity contribution in [3.05, 3.63) is 23.2 Å². The smallest absolute Gasteiger partial charge is 0.120 e. The summed E-state index contributed by atoms with van der Waals surface area (Å²) in [4.78, 5) is 2.27. The zero-order chi connectivity index (χ0) is 14.7. The summed E-state index contributed by atoms with van der Waals surface area (Å²) in [6, 6.07) is 2.90. The molecule has 2 aliphatic rings. The van der Waals surface area contributed by atoms with Crippen molar-refractivity contribution in [3.8, 4) is 0 Å². The summed E-state index contributed by atoms with van der Waals surface area (Å²) >= 11 is 0. The standard InChI is InChI=1S/C17H28N2O2/c1-13-9-16(21-17(13)10-18-15-5-6-15)11-19(2)7-8-20-12-14-3-4-14/h9,14-15,18H,3-8,10-12H2,1-2H3. The van der Waals surface area contributed by atoms with E-state index in [9.17, 15) is 0 Å². The first-order valence-corrected chi connectivity index (χ1v) is 8.28. The van der Waals surface area contributed by atoms with Crippen LogP contribution < -0.4 is 5.32 Å². The maximum absolute atomic E-state index is 5.97. The van der Waals surface area contributed by atoms with Crippen molar-refractivity contribution in [2.24, 2.45) is 5.92 Å². The van der Waals surface area contributed by atoms with E-state index in [1.165, 1.54) is 31.2 Å². The van der Waals surface area contributed by atoms with E-state index in [4.69, 9.17) is 9.15 Å². The average molecular weight is 292 g/mol. The van der Waals surface area contributed by atoms with Gasteiger partial charge in [-0.15, -0.1) is 0 Å². The lowest BCUT2D eigenvalue weighted by molar-refractivity contribution is 0.0999.